The molecule has 1 aliphatic rings. The minimum atomic E-state index is 0.0640. The van der Waals surface area contributed by atoms with Gasteiger partial charge in [0.25, 0.3) is 0 Å². The molecule has 0 atom stereocenters. The summed E-state index contributed by atoms with van der Waals surface area (Å²) in [6, 6.07) is 7.36. The topological polar surface area (TPSA) is 77.3 Å². The summed E-state index contributed by atoms with van der Waals surface area (Å²) >= 11 is 1.35. The normalized spacial score (nSPS) is 15.5. The van der Waals surface area contributed by atoms with Gasteiger partial charge in [-0.3, -0.25) is 10.1 Å². The molecule has 21 heavy (non-hydrogen) atoms. The van der Waals surface area contributed by atoms with Crippen molar-refractivity contribution in [2.75, 3.05) is 11.6 Å². The van der Waals surface area contributed by atoms with Gasteiger partial charge in [-0.15, -0.1) is 0 Å². The third-order valence-electron chi connectivity index (χ3n) is 3.47. The van der Waals surface area contributed by atoms with Gasteiger partial charge < -0.3 is 5.32 Å². The van der Waals surface area contributed by atoms with Crippen molar-refractivity contribution < 1.29 is 4.79 Å². The Bertz CT molecular complexity index is 573. The van der Waals surface area contributed by atoms with Crippen molar-refractivity contribution in [3.63, 3.8) is 0 Å². The molecular formula is C15H18N4OS. The monoisotopic (exact) mass is 302 g/mol. The van der Waals surface area contributed by atoms with E-state index >= 15 is 0 Å². The van der Waals surface area contributed by atoms with Crippen molar-refractivity contribution in [3.8, 4) is 6.19 Å². The van der Waals surface area contributed by atoms with E-state index in [1.54, 1.807) is 0 Å². The van der Waals surface area contributed by atoms with Crippen LogP contribution < -0.4 is 10.6 Å². The highest BCUT2D eigenvalue weighted by molar-refractivity contribution is 8.13. The molecule has 0 bridgehead atoms. The number of hydrogen-bond donors (Lipinski definition) is 2. The van der Waals surface area contributed by atoms with Crippen LogP contribution in [-0.2, 0) is 4.79 Å². The Kier molecular flexibility index (Phi) is 5.64. The summed E-state index contributed by atoms with van der Waals surface area (Å²) in [5.41, 5.74) is 1.33. The maximum atomic E-state index is 12.2. The van der Waals surface area contributed by atoms with E-state index in [1.807, 2.05) is 36.7 Å². The van der Waals surface area contributed by atoms with Crippen molar-refractivity contribution in [3.05, 3.63) is 24.3 Å². The van der Waals surface area contributed by atoms with E-state index in [1.165, 1.54) is 11.8 Å². The Balaban J connectivity index is 2.16. The van der Waals surface area contributed by atoms with Gasteiger partial charge in [-0.1, -0.05) is 36.7 Å². The van der Waals surface area contributed by atoms with Crippen LogP contribution >= 0.6 is 11.8 Å². The summed E-state index contributed by atoms with van der Waals surface area (Å²) in [4.78, 5) is 16.6. The smallest absolute Gasteiger partial charge is 0.227 e. The Hall–Kier alpha value is -2.00. The van der Waals surface area contributed by atoms with Gasteiger partial charge in [0.15, 0.2) is 11.4 Å². The Labute approximate surface area is 128 Å². The summed E-state index contributed by atoms with van der Waals surface area (Å²) in [5.74, 6) is 0.174. The number of amides is 1. The first kappa shape index (κ1) is 15.4. The fourth-order valence-electron chi connectivity index (χ4n) is 2.38. The highest BCUT2D eigenvalue weighted by Gasteiger charge is 2.23. The average molecular weight is 302 g/mol. The molecule has 5 nitrogen and oxygen atoms in total. The third kappa shape index (κ3) is 4.23. The first-order chi connectivity index (χ1) is 10.2. The highest BCUT2D eigenvalue weighted by Crippen LogP contribution is 2.29. The van der Waals surface area contributed by atoms with Crippen LogP contribution in [0.1, 0.15) is 25.7 Å². The van der Waals surface area contributed by atoms with Crippen LogP contribution in [0.15, 0.2) is 29.3 Å². The van der Waals surface area contributed by atoms with Gasteiger partial charge in [0, 0.05) is 5.92 Å². The quantitative estimate of drug-likeness (QED) is 0.389. The average Bonchev–Trinajstić information content (AvgIpc) is 3.03. The van der Waals surface area contributed by atoms with Crippen LogP contribution in [0.2, 0.25) is 0 Å². The molecule has 1 saturated carbocycles. The number of benzene rings is 1. The minimum absolute atomic E-state index is 0.0640. The molecule has 6 heteroatoms. The van der Waals surface area contributed by atoms with Crippen LogP contribution in [0.25, 0.3) is 0 Å². The number of thioether (sulfide) groups is 1. The number of hydrogen-bond acceptors (Lipinski definition) is 4. The van der Waals surface area contributed by atoms with Crippen LogP contribution in [0.3, 0.4) is 0 Å². The number of carbonyl (C=O) groups is 1. The number of anilines is 1. The summed E-state index contributed by atoms with van der Waals surface area (Å²) in [6.45, 7) is 0. The van der Waals surface area contributed by atoms with Crippen molar-refractivity contribution in [1.29, 1.82) is 5.26 Å². The maximum Gasteiger partial charge on any atom is 0.227 e. The zero-order valence-electron chi connectivity index (χ0n) is 11.9. The van der Waals surface area contributed by atoms with Gasteiger partial charge in [0.2, 0.25) is 5.91 Å². The molecule has 1 aliphatic carbocycles. The molecule has 2 rings (SSSR count). The standard InChI is InChI=1S/C15H18N4OS/c1-21-15(17-10-16)19-13-9-5-4-8-12(13)18-14(20)11-6-2-3-7-11/h4-5,8-9,11H,2-3,6-7H2,1H3,(H,17,19)(H,18,20). The lowest BCUT2D eigenvalue weighted by Gasteiger charge is -2.12. The number of carbonyl (C=O) groups excluding carboxylic acids is 1. The molecule has 1 aromatic carbocycles. The molecular weight excluding hydrogens is 284 g/mol. The molecule has 1 aromatic rings. The molecule has 1 amide bonds. The van der Waals surface area contributed by atoms with Crippen LogP contribution in [-0.4, -0.2) is 17.3 Å². The summed E-state index contributed by atoms with van der Waals surface area (Å²) in [7, 11) is 0. The second kappa shape index (κ2) is 7.70. The lowest BCUT2D eigenvalue weighted by Crippen LogP contribution is -2.20. The maximum absolute atomic E-state index is 12.2. The molecule has 1 fully saturated rings. The lowest BCUT2D eigenvalue weighted by molar-refractivity contribution is -0.119. The molecule has 0 saturated heterocycles. The van der Waals surface area contributed by atoms with E-state index in [0.717, 1.165) is 25.7 Å². The number of para-hydroxylation sites is 2. The van der Waals surface area contributed by atoms with Crippen molar-refractivity contribution >= 4 is 34.2 Å². The zero-order chi connectivity index (χ0) is 15.1. The first-order valence-electron chi connectivity index (χ1n) is 6.92. The molecule has 0 spiro atoms. The summed E-state index contributed by atoms with van der Waals surface area (Å²) in [6.07, 6.45) is 7.87. The molecule has 0 aromatic heterocycles. The Morgan fingerprint density at radius 2 is 2.10 bits per heavy atom. The van der Waals surface area contributed by atoms with Gasteiger partial charge in [-0.25, -0.2) is 4.99 Å². The first-order valence-corrected chi connectivity index (χ1v) is 8.14. The number of nitrogens with one attached hydrogen (secondary N) is 2. The molecule has 110 valence electrons. The SMILES string of the molecule is CSC(=Nc1ccccc1NC(=O)C1CCCC1)NC#N. The van der Waals surface area contributed by atoms with E-state index in [9.17, 15) is 4.79 Å². The van der Waals surface area contributed by atoms with E-state index in [0.29, 0.717) is 16.5 Å². The van der Waals surface area contributed by atoms with E-state index < -0.39 is 0 Å². The minimum Gasteiger partial charge on any atom is -0.324 e. The summed E-state index contributed by atoms with van der Waals surface area (Å²) < 4.78 is 0. The molecule has 2 N–H and O–H groups in total. The number of nitriles is 1. The molecule has 0 aliphatic heterocycles. The fourth-order valence-corrected chi connectivity index (χ4v) is 2.72. The molecule has 0 unspecified atom stereocenters. The molecule has 0 radical (unpaired) electrons. The van der Waals surface area contributed by atoms with Gasteiger partial charge >= 0.3 is 0 Å². The zero-order valence-corrected chi connectivity index (χ0v) is 12.7. The number of rotatable bonds is 3. The van der Waals surface area contributed by atoms with Gasteiger partial charge in [0.05, 0.1) is 11.4 Å². The highest BCUT2D eigenvalue weighted by atomic mass is 32.2. The van der Waals surface area contributed by atoms with Crippen molar-refractivity contribution in [1.82, 2.24) is 5.32 Å². The van der Waals surface area contributed by atoms with Crippen LogP contribution in [0.4, 0.5) is 11.4 Å². The summed E-state index contributed by atoms with van der Waals surface area (Å²) in [5, 5.41) is 14.7. The number of aliphatic imine (C=N–C) groups is 1. The van der Waals surface area contributed by atoms with Gasteiger partial charge in [-0.2, -0.15) is 5.26 Å². The van der Waals surface area contributed by atoms with E-state index in [4.69, 9.17) is 5.26 Å². The second-order valence-corrected chi connectivity index (χ2v) is 5.64. The Morgan fingerprint density at radius 3 is 2.76 bits per heavy atom. The molecule has 0 heterocycles. The predicted molar refractivity (Wildman–Crippen MR) is 86.4 cm³/mol. The second-order valence-electron chi connectivity index (χ2n) is 4.85. The van der Waals surface area contributed by atoms with Crippen LogP contribution in [0.5, 0.6) is 0 Å². The predicted octanol–water partition coefficient (Wildman–Crippen LogP) is 3.24. The fraction of sp³-hybridized carbons (Fsp3) is 0.400. The van der Waals surface area contributed by atoms with Crippen molar-refractivity contribution in [2.24, 2.45) is 10.9 Å². The van der Waals surface area contributed by atoms with Gasteiger partial charge in [0.1, 0.15) is 0 Å². The number of nitrogens with zero attached hydrogens (tertiary/aromatic N) is 2. The largest absolute Gasteiger partial charge is 0.324 e. The number of amidine groups is 1. The van der Waals surface area contributed by atoms with E-state index in [-0.39, 0.29) is 11.8 Å². The van der Waals surface area contributed by atoms with E-state index in [2.05, 4.69) is 15.6 Å². The van der Waals surface area contributed by atoms with Crippen LogP contribution in [0, 0.1) is 17.4 Å². The Morgan fingerprint density at radius 1 is 1.38 bits per heavy atom. The van der Waals surface area contributed by atoms with Gasteiger partial charge in [-0.05, 0) is 31.2 Å². The third-order valence-corrected chi connectivity index (χ3v) is 4.05. The lowest BCUT2D eigenvalue weighted by atomic mass is 10.1. The van der Waals surface area contributed by atoms with Crippen molar-refractivity contribution in [2.45, 2.75) is 25.7 Å².